The number of unbranched alkanes of at least 4 members (excludes halogenated alkanes) is 2. The number of carbonyl (C=O) groups is 3. The van der Waals surface area contributed by atoms with Gasteiger partial charge in [0, 0.05) is 25.5 Å². The van der Waals surface area contributed by atoms with Gasteiger partial charge in [-0.05, 0) is 32.6 Å². The average Bonchev–Trinajstić information content (AvgIpc) is 3.24. The third-order valence-corrected chi connectivity index (χ3v) is 5.41. The molecule has 5 atom stereocenters. The molecular formula is C20H30N2O6. The Labute approximate surface area is 165 Å². The monoisotopic (exact) mass is 394 g/mol. The lowest BCUT2D eigenvalue weighted by Gasteiger charge is -2.27. The molecule has 0 aromatic carbocycles. The number of carboxylic acid groups (broad SMARTS) is 1. The normalized spacial score (nSPS) is 29.8. The number of hydrogen-bond donors (Lipinski definition) is 3. The number of aliphatic hydroxyl groups is 1. The van der Waals surface area contributed by atoms with Gasteiger partial charge in [-0.3, -0.25) is 9.59 Å². The number of aliphatic carboxylic acids is 1. The Balaban J connectivity index is 1.96. The molecule has 0 bridgehead atoms. The van der Waals surface area contributed by atoms with Gasteiger partial charge in [-0.15, -0.1) is 13.2 Å². The van der Waals surface area contributed by atoms with Crippen molar-refractivity contribution in [1.82, 2.24) is 10.2 Å². The number of carbonyl (C=O) groups excluding carboxylic acids is 2. The highest BCUT2D eigenvalue weighted by molar-refractivity contribution is 5.95. The number of aliphatic hydroxyl groups excluding tert-OH is 1. The summed E-state index contributed by atoms with van der Waals surface area (Å²) in [7, 11) is 0. The van der Waals surface area contributed by atoms with E-state index in [0.29, 0.717) is 6.61 Å². The van der Waals surface area contributed by atoms with Crippen LogP contribution in [0.25, 0.3) is 0 Å². The van der Waals surface area contributed by atoms with Crippen LogP contribution in [0, 0.1) is 5.92 Å². The lowest BCUT2D eigenvalue weighted by atomic mass is 10.1. The molecule has 3 N–H and O–H groups in total. The molecule has 0 radical (unpaired) electrons. The van der Waals surface area contributed by atoms with Crippen LogP contribution in [-0.4, -0.2) is 69.8 Å². The second-order valence-corrected chi connectivity index (χ2v) is 7.51. The number of allylic oxidation sites excluding steroid dienone is 1. The minimum Gasteiger partial charge on any atom is -0.479 e. The van der Waals surface area contributed by atoms with Crippen molar-refractivity contribution >= 4 is 17.8 Å². The van der Waals surface area contributed by atoms with Crippen molar-refractivity contribution in [3.05, 3.63) is 25.3 Å². The Morgan fingerprint density at radius 1 is 1.36 bits per heavy atom. The molecule has 2 fully saturated rings. The molecule has 2 aliphatic rings. The summed E-state index contributed by atoms with van der Waals surface area (Å²) in [5.41, 5.74) is -1.37. The van der Waals surface area contributed by atoms with Crippen LogP contribution in [0.15, 0.2) is 25.3 Å². The minimum atomic E-state index is -1.37. The Kier molecular flexibility index (Phi) is 7.37. The summed E-state index contributed by atoms with van der Waals surface area (Å²) in [4.78, 5) is 38.3. The number of nitrogens with one attached hydrogen (secondary N) is 1. The molecule has 1 saturated heterocycles. The van der Waals surface area contributed by atoms with Gasteiger partial charge in [-0.1, -0.05) is 12.2 Å². The lowest BCUT2D eigenvalue weighted by Crippen LogP contribution is -2.54. The Morgan fingerprint density at radius 3 is 2.64 bits per heavy atom. The van der Waals surface area contributed by atoms with Gasteiger partial charge < -0.3 is 25.2 Å². The molecule has 0 aromatic heterocycles. The standard InChI is InChI=1S/C20H30N2O6/c1-4-6-7-8-9-28-13(3)18(25)22-12-15(23)10-16(22)17(24)21-20(19(26)27)11-14(20)5-2/h4-5,13-16,23H,1-2,6-12H2,3H3,(H,21,24)(H,26,27)/t13?,14-,15+,16+,20?/m1/s1. The summed E-state index contributed by atoms with van der Waals surface area (Å²) in [5, 5.41) is 22.0. The van der Waals surface area contributed by atoms with Gasteiger partial charge in [0.2, 0.25) is 5.91 Å². The molecule has 8 nitrogen and oxygen atoms in total. The largest absolute Gasteiger partial charge is 0.479 e. The molecule has 1 aliphatic heterocycles. The van der Waals surface area contributed by atoms with Crippen molar-refractivity contribution in [2.24, 2.45) is 5.92 Å². The Hall–Kier alpha value is -2.19. The molecule has 1 saturated carbocycles. The van der Waals surface area contributed by atoms with Crippen molar-refractivity contribution in [2.45, 2.75) is 62.8 Å². The van der Waals surface area contributed by atoms with Crippen LogP contribution in [0.3, 0.4) is 0 Å². The molecule has 0 aromatic rings. The number of likely N-dealkylation sites (tertiary alicyclic amines) is 1. The average molecular weight is 394 g/mol. The Bertz CT molecular complexity index is 636. The van der Waals surface area contributed by atoms with E-state index in [0.717, 1.165) is 19.3 Å². The second-order valence-electron chi connectivity index (χ2n) is 7.51. The first-order chi connectivity index (χ1) is 13.3. The molecule has 2 unspecified atom stereocenters. The first kappa shape index (κ1) is 22.1. The van der Waals surface area contributed by atoms with Gasteiger partial charge in [0.05, 0.1) is 6.10 Å². The van der Waals surface area contributed by atoms with E-state index in [1.807, 2.05) is 6.08 Å². The van der Waals surface area contributed by atoms with Crippen LogP contribution >= 0.6 is 0 Å². The topological polar surface area (TPSA) is 116 Å². The first-order valence-corrected chi connectivity index (χ1v) is 9.65. The number of ether oxygens (including phenoxy) is 1. The summed E-state index contributed by atoms with van der Waals surface area (Å²) in [5.74, 6) is -2.43. The van der Waals surface area contributed by atoms with E-state index >= 15 is 0 Å². The smallest absolute Gasteiger partial charge is 0.330 e. The molecule has 28 heavy (non-hydrogen) atoms. The summed E-state index contributed by atoms with van der Waals surface area (Å²) in [6, 6.07) is -0.920. The quantitative estimate of drug-likeness (QED) is 0.353. The maximum atomic E-state index is 12.7. The van der Waals surface area contributed by atoms with Crippen molar-refractivity contribution in [1.29, 1.82) is 0 Å². The number of β-amino-alcohol motifs (C(OH)–C–C–N with tert-alkyl or cyclic N) is 1. The SMILES string of the molecule is C=CCCCCOC(C)C(=O)N1C[C@@H](O)C[C@H]1C(=O)NC1(C(=O)O)C[C@H]1C=C. The van der Waals surface area contributed by atoms with E-state index in [1.54, 1.807) is 6.92 Å². The maximum absolute atomic E-state index is 12.7. The molecule has 0 spiro atoms. The predicted molar refractivity (Wildman–Crippen MR) is 102 cm³/mol. The molecule has 1 aliphatic carbocycles. The first-order valence-electron chi connectivity index (χ1n) is 9.65. The molecule has 2 rings (SSSR count). The summed E-state index contributed by atoms with van der Waals surface area (Å²) >= 11 is 0. The molecular weight excluding hydrogens is 364 g/mol. The van der Waals surface area contributed by atoms with E-state index in [9.17, 15) is 24.6 Å². The molecule has 8 heteroatoms. The fourth-order valence-corrected chi connectivity index (χ4v) is 3.58. The van der Waals surface area contributed by atoms with Crippen LogP contribution in [0.4, 0.5) is 0 Å². The fraction of sp³-hybridized carbons (Fsp3) is 0.650. The highest BCUT2D eigenvalue weighted by Crippen LogP contribution is 2.44. The predicted octanol–water partition coefficient (Wildman–Crippen LogP) is 0.855. The third kappa shape index (κ3) is 4.80. The zero-order valence-corrected chi connectivity index (χ0v) is 16.3. The lowest BCUT2D eigenvalue weighted by molar-refractivity contribution is -0.149. The van der Waals surface area contributed by atoms with Crippen LogP contribution in [0.2, 0.25) is 0 Å². The van der Waals surface area contributed by atoms with Crippen molar-refractivity contribution in [2.75, 3.05) is 13.2 Å². The van der Waals surface area contributed by atoms with Crippen molar-refractivity contribution in [3.8, 4) is 0 Å². The van der Waals surface area contributed by atoms with E-state index in [4.69, 9.17) is 4.74 Å². The van der Waals surface area contributed by atoms with E-state index in [-0.39, 0.29) is 31.2 Å². The van der Waals surface area contributed by atoms with Gasteiger partial charge in [-0.2, -0.15) is 0 Å². The van der Waals surface area contributed by atoms with Crippen LogP contribution < -0.4 is 5.32 Å². The molecule has 156 valence electrons. The molecule has 2 amide bonds. The van der Waals surface area contributed by atoms with Gasteiger partial charge >= 0.3 is 5.97 Å². The van der Waals surface area contributed by atoms with Crippen molar-refractivity contribution in [3.63, 3.8) is 0 Å². The fourth-order valence-electron chi connectivity index (χ4n) is 3.58. The minimum absolute atomic E-state index is 0.0199. The van der Waals surface area contributed by atoms with Gasteiger partial charge in [0.1, 0.15) is 17.7 Å². The number of carboxylic acids is 1. The second kappa shape index (κ2) is 9.34. The van der Waals surface area contributed by atoms with Crippen LogP contribution in [-0.2, 0) is 19.1 Å². The zero-order chi connectivity index (χ0) is 20.9. The highest BCUT2D eigenvalue weighted by Gasteiger charge is 2.61. The van der Waals surface area contributed by atoms with Crippen LogP contribution in [0.5, 0.6) is 0 Å². The summed E-state index contributed by atoms with van der Waals surface area (Å²) < 4.78 is 5.57. The van der Waals surface area contributed by atoms with Gasteiger partial charge in [0.15, 0.2) is 0 Å². The Morgan fingerprint density at radius 2 is 2.07 bits per heavy atom. The summed E-state index contributed by atoms with van der Waals surface area (Å²) in [6.45, 7) is 9.29. The van der Waals surface area contributed by atoms with Gasteiger partial charge in [-0.25, -0.2) is 4.79 Å². The maximum Gasteiger partial charge on any atom is 0.330 e. The van der Waals surface area contributed by atoms with Gasteiger partial charge in [0.25, 0.3) is 5.91 Å². The number of hydrogen-bond acceptors (Lipinski definition) is 5. The van der Waals surface area contributed by atoms with E-state index < -0.39 is 35.7 Å². The third-order valence-electron chi connectivity index (χ3n) is 5.41. The van der Waals surface area contributed by atoms with E-state index in [2.05, 4.69) is 18.5 Å². The van der Waals surface area contributed by atoms with E-state index in [1.165, 1.54) is 11.0 Å². The summed E-state index contributed by atoms with van der Waals surface area (Å²) in [6.07, 6.45) is 4.66. The molecule has 1 heterocycles. The zero-order valence-electron chi connectivity index (χ0n) is 16.3. The number of amides is 2. The number of rotatable bonds is 11. The van der Waals surface area contributed by atoms with Crippen molar-refractivity contribution < 1.29 is 29.3 Å². The highest BCUT2D eigenvalue weighted by atomic mass is 16.5. The number of nitrogens with zero attached hydrogens (tertiary/aromatic N) is 1. The van der Waals surface area contributed by atoms with Crippen LogP contribution in [0.1, 0.15) is 39.0 Å².